The maximum absolute atomic E-state index is 7.43. The summed E-state index contributed by atoms with van der Waals surface area (Å²) in [5.74, 6) is 0.294. The Morgan fingerprint density at radius 2 is 1.83 bits per heavy atom. The van der Waals surface area contributed by atoms with Crippen molar-refractivity contribution < 1.29 is 11.0 Å². The van der Waals surface area contributed by atoms with Crippen LogP contribution in [0.1, 0.15) is 5.69 Å². The number of aromatic nitrogens is 2. The Kier molecular flexibility index (Phi) is 3.98. The molecule has 2 aromatic rings. The van der Waals surface area contributed by atoms with Crippen molar-refractivity contribution in [2.24, 2.45) is 4.99 Å². The van der Waals surface area contributed by atoms with Gasteiger partial charge in [0.2, 0.25) is 0 Å². The Labute approximate surface area is 103 Å². The predicted molar refractivity (Wildman–Crippen MR) is 71.2 cm³/mol. The Morgan fingerprint density at radius 3 is 2.44 bits per heavy atom. The molecule has 18 heavy (non-hydrogen) atoms. The zero-order chi connectivity index (χ0) is 11.0. The van der Waals surface area contributed by atoms with Crippen molar-refractivity contribution in [2.45, 2.75) is 0 Å². The van der Waals surface area contributed by atoms with Gasteiger partial charge in [-0.25, -0.2) is 4.99 Å². The molecule has 0 amide bonds. The molecule has 94 valence electrons. The van der Waals surface area contributed by atoms with Gasteiger partial charge >= 0.3 is 0 Å². The molecule has 7 N–H and O–H groups in total. The first-order chi connectivity index (χ1) is 7.84. The average molecular weight is 246 g/mol. The summed E-state index contributed by atoms with van der Waals surface area (Å²) < 4.78 is 0. The topological polar surface area (TPSA) is 131 Å². The van der Waals surface area contributed by atoms with Gasteiger partial charge < -0.3 is 20.9 Å². The molecule has 3 heterocycles. The second-order valence-corrected chi connectivity index (χ2v) is 3.57. The van der Waals surface area contributed by atoms with E-state index >= 15 is 0 Å². The van der Waals surface area contributed by atoms with E-state index in [0.717, 1.165) is 22.7 Å². The Morgan fingerprint density at radius 1 is 1.00 bits per heavy atom. The summed E-state index contributed by atoms with van der Waals surface area (Å²) in [5.41, 5.74) is 3.87. The van der Waals surface area contributed by atoms with Gasteiger partial charge in [-0.2, -0.15) is 0 Å². The number of aromatic amines is 2. The van der Waals surface area contributed by atoms with Crippen LogP contribution < -0.4 is 0 Å². The van der Waals surface area contributed by atoms with Crippen LogP contribution in [0.3, 0.4) is 0 Å². The zero-order valence-corrected chi connectivity index (χ0v) is 9.49. The molecule has 0 aliphatic carbocycles. The lowest BCUT2D eigenvalue weighted by Crippen LogP contribution is -1.97. The number of H-pyrrole nitrogens is 2. The highest BCUT2D eigenvalue weighted by Gasteiger charge is 2.13. The minimum Gasteiger partial charge on any atom is -0.412 e. The van der Waals surface area contributed by atoms with Crippen molar-refractivity contribution >= 4 is 11.5 Å². The first-order valence-electron chi connectivity index (χ1n) is 5.01. The van der Waals surface area contributed by atoms with E-state index in [0.29, 0.717) is 5.84 Å². The quantitative estimate of drug-likeness (QED) is 0.688. The number of aliphatic imine (C=N–C) groups is 1. The third kappa shape index (κ3) is 2.15. The monoisotopic (exact) mass is 246 g/mol. The van der Waals surface area contributed by atoms with Gasteiger partial charge in [0.15, 0.2) is 0 Å². The molecule has 0 saturated carbocycles. The molecule has 0 unspecified atom stereocenters. The predicted octanol–water partition coefficient (Wildman–Crippen LogP) is 0.697. The number of nitrogens with zero attached hydrogens (tertiary/aromatic N) is 1. The van der Waals surface area contributed by atoms with Crippen molar-refractivity contribution in [3.8, 4) is 11.3 Å². The minimum atomic E-state index is 0. The third-order valence-electron chi connectivity index (χ3n) is 2.53. The van der Waals surface area contributed by atoms with Crippen molar-refractivity contribution in [1.82, 2.24) is 9.97 Å². The van der Waals surface area contributed by atoms with Crippen molar-refractivity contribution in [3.05, 3.63) is 48.4 Å². The second kappa shape index (κ2) is 5.26. The minimum absolute atomic E-state index is 0. The fourth-order valence-electron chi connectivity index (χ4n) is 1.81. The largest absolute Gasteiger partial charge is 0.412 e. The van der Waals surface area contributed by atoms with Crippen LogP contribution in [0.2, 0.25) is 0 Å². The van der Waals surface area contributed by atoms with Crippen LogP contribution in [0.5, 0.6) is 0 Å². The molecule has 1 aliphatic rings. The highest BCUT2D eigenvalue weighted by molar-refractivity contribution is 6.22. The lowest BCUT2D eigenvalue weighted by molar-refractivity contribution is 0.823. The molecule has 0 saturated heterocycles. The van der Waals surface area contributed by atoms with E-state index in [4.69, 9.17) is 5.41 Å². The molecule has 0 aromatic carbocycles. The Balaban J connectivity index is 0.000000810. The van der Waals surface area contributed by atoms with E-state index in [1.165, 1.54) is 0 Å². The van der Waals surface area contributed by atoms with Crippen molar-refractivity contribution in [3.63, 3.8) is 0 Å². The highest BCUT2D eigenvalue weighted by Crippen LogP contribution is 2.23. The molecule has 0 spiro atoms. The van der Waals surface area contributed by atoms with Crippen LogP contribution in [0.15, 0.2) is 47.7 Å². The van der Waals surface area contributed by atoms with Gasteiger partial charge in [0.25, 0.3) is 0 Å². The number of nitrogens with one attached hydrogen (secondary N) is 3. The summed E-state index contributed by atoms with van der Waals surface area (Å²) in [7, 11) is 0. The van der Waals surface area contributed by atoms with Crippen LogP contribution >= 0.6 is 0 Å². The Hall–Kier alpha value is -2.44. The van der Waals surface area contributed by atoms with Crippen LogP contribution in [-0.2, 0) is 0 Å². The molecule has 6 heteroatoms. The molecule has 2 aromatic heterocycles. The van der Waals surface area contributed by atoms with E-state index in [1.54, 1.807) is 6.08 Å². The van der Waals surface area contributed by atoms with Crippen LogP contribution in [0.4, 0.5) is 0 Å². The molecule has 3 rings (SSSR count). The van der Waals surface area contributed by atoms with Gasteiger partial charge in [-0.1, -0.05) is 0 Å². The molecular weight excluding hydrogens is 232 g/mol. The number of allylic oxidation sites excluding steroid dienone is 1. The second-order valence-electron chi connectivity index (χ2n) is 3.57. The number of rotatable bonds is 2. The normalized spacial score (nSPS) is 12.9. The molecule has 0 atom stereocenters. The van der Waals surface area contributed by atoms with Crippen molar-refractivity contribution in [1.29, 1.82) is 5.41 Å². The van der Waals surface area contributed by atoms with Crippen molar-refractivity contribution in [2.75, 3.05) is 0 Å². The number of hydrogen-bond donors (Lipinski definition) is 3. The lowest BCUT2D eigenvalue weighted by Gasteiger charge is -2.00. The van der Waals surface area contributed by atoms with Crippen LogP contribution in [-0.4, -0.2) is 32.5 Å². The summed E-state index contributed by atoms with van der Waals surface area (Å²) in [5, 5.41) is 7.43. The van der Waals surface area contributed by atoms with Crippen LogP contribution in [0.25, 0.3) is 11.3 Å². The van der Waals surface area contributed by atoms with E-state index in [1.807, 2.05) is 36.7 Å². The summed E-state index contributed by atoms with van der Waals surface area (Å²) in [6.45, 7) is 0. The summed E-state index contributed by atoms with van der Waals surface area (Å²) >= 11 is 0. The first kappa shape index (κ1) is 13.6. The van der Waals surface area contributed by atoms with Gasteiger partial charge in [0.1, 0.15) is 5.84 Å². The SMILES string of the molecule is N=C1C=CC(c2[nH]ccc2-c2ccc[nH]2)=N1.O.O. The maximum Gasteiger partial charge on any atom is 0.145 e. The molecule has 0 fully saturated rings. The van der Waals surface area contributed by atoms with E-state index < -0.39 is 0 Å². The van der Waals surface area contributed by atoms with E-state index in [9.17, 15) is 0 Å². The summed E-state index contributed by atoms with van der Waals surface area (Å²) in [6, 6.07) is 5.97. The third-order valence-corrected chi connectivity index (χ3v) is 2.53. The zero-order valence-electron chi connectivity index (χ0n) is 9.49. The lowest BCUT2D eigenvalue weighted by atomic mass is 10.1. The summed E-state index contributed by atoms with van der Waals surface area (Å²) in [4.78, 5) is 10.5. The summed E-state index contributed by atoms with van der Waals surface area (Å²) in [6.07, 6.45) is 7.31. The maximum atomic E-state index is 7.43. The van der Waals surface area contributed by atoms with Gasteiger partial charge in [-0.05, 0) is 30.4 Å². The van der Waals surface area contributed by atoms with Crippen LogP contribution in [0, 0.1) is 5.41 Å². The molecule has 6 nitrogen and oxygen atoms in total. The standard InChI is InChI=1S/C12H10N4.2H2O/c13-11-4-3-10(16-11)12-8(5-7-15-12)9-2-1-6-14-9;;/h1-7,13-15H;2*1H2. The van der Waals surface area contributed by atoms with E-state index in [-0.39, 0.29) is 11.0 Å². The fraction of sp³-hybridized carbons (Fsp3) is 0. The first-order valence-corrected chi connectivity index (χ1v) is 5.01. The number of amidine groups is 1. The smallest absolute Gasteiger partial charge is 0.145 e. The average Bonchev–Trinajstić information content (AvgIpc) is 2.96. The molecule has 0 bridgehead atoms. The molecule has 1 aliphatic heterocycles. The van der Waals surface area contributed by atoms with Gasteiger partial charge in [0.05, 0.1) is 11.4 Å². The molecule has 0 radical (unpaired) electrons. The highest BCUT2D eigenvalue weighted by atomic mass is 16.0. The van der Waals surface area contributed by atoms with Gasteiger partial charge in [-0.3, -0.25) is 5.41 Å². The van der Waals surface area contributed by atoms with Gasteiger partial charge in [-0.15, -0.1) is 0 Å². The fourth-order valence-corrected chi connectivity index (χ4v) is 1.81. The van der Waals surface area contributed by atoms with Gasteiger partial charge in [0, 0.05) is 23.7 Å². The van der Waals surface area contributed by atoms with E-state index in [2.05, 4.69) is 15.0 Å². The Bertz CT molecular complexity index is 593. The number of hydrogen-bond acceptors (Lipinski definition) is 1. The molecular formula is C12H14N4O2.